The minimum atomic E-state index is 0.0309. The minimum Gasteiger partial charge on any atom is -0.347 e. The molecule has 0 aliphatic rings. The van der Waals surface area contributed by atoms with Crippen molar-refractivity contribution in [1.82, 2.24) is 5.32 Å². The molecule has 1 rings (SSSR count). The predicted molar refractivity (Wildman–Crippen MR) is 73.5 cm³/mol. The maximum atomic E-state index is 12.1. The summed E-state index contributed by atoms with van der Waals surface area (Å²) in [6.45, 7) is 4.72. The normalized spacial score (nSPS) is 12.4. The van der Waals surface area contributed by atoms with E-state index in [-0.39, 0.29) is 11.9 Å². The number of hydrogen-bond acceptors (Lipinski definition) is 3. The van der Waals surface area contributed by atoms with Crippen molar-refractivity contribution >= 4 is 17.2 Å². The Labute approximate surface area is 107 Å². The molecule has 4 heteroatoms. The smallest absolute Gasteiger partial charge is 0.261 e. The first kappa shape index (κ1) is 14.2. The van der Waals surface area contributed by atoms with Crippen LogP contribution in [-0.2, 0) is 6.42 Å². The molecular formula is C13H22N2OS. The lowest BCUT2D eigenvalue weighted by molar-refractivity contribution is 0.0939. The second-order valence-corrected chi connectivity index (χ2v) is 5.09. The van der Waals surface area contributed by atoms with Gasteiger partial charge in [-0.1, -0.05) is 26.7 Å². The molecule has 0 aliphatic carbocycles. The van der Waals surface area contributed by atoms with Gasteiger partial charge in [0.1, 0.15) is 0 Å². The minimum absolute atomic E-state index is 0.0309. The van der Waals surface area contributed by atoms with Crippen LogP contribution in [0.3, 0.4) is 0 Å². The van der Waals surface area contributed by atoms with Gasteiger partial charge in [0.25, 0.3) is 5.91 Å². The largest absolute Gasteiger partial charge is 0.347 e. The number of hydrogen-bond donors (Lipinski definition) is 2. The van der Waals surface area contributed by atoms with Gasteiger partial charge in [0, 0.05) is 12.6 Å². The fourth-order valence-corrected chi connectivity index (χ4v) is 2.66. The Morgan fingerprint density at radius 1 is 1.53 bits per heavy atom. The highest BCUT2D eigenvalue weighted by Crippen LogP contribution is 2.17. The highest BCUT2D eigenvalue weighted by molar-refractivity contribution is 7.12. The maximum Gasteiger partial charge on any atom is 0.261 e. The van der Waals surface area contributed by atoms with Gasteiger partial charge in [-0.2, -0.15) is 0 Å². The molecule has 1 heterocycles. The Morgan fingerprint density at radius 2 is 2.29 bits per heavy atom. The summed E-state index contributed by atoms with van der Waals surface area (Å²) in [6, 6.07) is 2.12. The average Bonchev–Trinajstić information content (AvgIpc) is 2.82. The van der Waals surface area contributed by atoms with Crippen molar-refractivity contribution in [2.45, 2.75) is 45.6 Å². The van der Waals surface area contributed by atoms with Crippen molar-refractivity contribution in [3.8, 4) is 0 Å². The van der Waals surface area contributed by atoms with E-state index >= 15 is 0 Å². The molecular weight excluding hydrogens is 232 g/mol. The summed E-state index contributed by atoms with van der Waals surface area (Å²) < 4.78 is 0. The molecule has 0 aromatic carbocycles. The van der Waals surface area contributed by atoms with E-state index in [1.54, 1.807) is 0 Å². The highest BCUT2D eigenvalue weighted by atomic mass is 32.1. The average molecular weight is 254 g/mol. The van der Waals surface area contributed by atoms with Crippen LogP contribution in [0.4, 0.5) is 0 Å². The highest BCUT2D eigenvalue weighted by Gasteiger charge is 2.15. The summed E-state index contributed by atoms with van der Waals surface area (Å²) >= 11 is 1.51. The molecule has 0 saturated heterocycles. The molecule has 0 aliphatic heterocycles. The number of carbonyl (C=O) groups excluding carboxylic acids is 1. The molecule has 1 amide bonds. The number of unbranched alkanes of at least 4 members (excludes halogenated alkanes) is 1. The van der Waals surface area contributed by atoms with Crippen molar-refractivity contribution in [1.29, 1.82) is 0 Å². The lowest BCUT2D eigenvalue weighted by atomic mass is 10.1. The second kappa shape index (κ2) is 7.45. The Bertz CT molecular complexity index is 349. The summed E-state index contributed by atoms with van der Waals surface area (Å²) in [5.41, 5.74) is 6.80. The van der Waals surface area contributed by atoms with Crippen LogP contribution >= 0.6 is 11.3 Å². The zero-order valence-corrected chi connectivity index (χ0v) is 11.5. The first-order valence-electron chi connectivity index (χ1n) is 6.30. The van der Waals surface area contributed by atoms with Crippen molar-refractivity contribution < 1.29 is 4.79 Å². The molecule has 0 radical (unpaired) electrons. The third-order valence-electron chi connectivity index (χ3n) is 2.86. The zero-order valence-electron chi connectivity index (χ0n) is 10.7. The van der Waals surface area contributed by atoms with E-state index in [1.165, 1.54) is 11.3 Å². The Hall–Kier alpha value is -0.870. The first-order chi connectivity index (χ1) is 8.22. The van der Waals surface area contributed by atoms with Crippen molar-refractivity contribution in [2.75, 3.05) is 6.54 Å². The summed E-state index contributed by atoms with van der Waals surface area (Å²) in [7, 11) is 0. The van der Waals surface area contributed by atoms with Crippen LogP contribution in [0.15, 0.2) is 11.4 Å². The van der Waals surface area contributed by atoms with Crippen molar-refractivity contribution in [3.63, 3.8) is 0 Å². The summed E-state index contributed by atoms with van der Waals surface area (Å²) in [5, 5.41) is 4.99. The van der Waals surface area contributed by atoms with Gasteiger partial charge < -0.3 is 11.1 Å². The molecule has 0 saturated carbocycles. The second-order valence-electron chi connectivity index (χ2n) is 4.18. The molecule has 1 aromatic heterocycles. The van der Waals surface area contributed by atoms with Gasteiger partial charge in [-0.25, -0.2) is 0 Å². The van der Waals surface area contributed by atoms with Gasteiger partial charge in [0.2, 0.25) is 0 Å². The third kappa shape index (κ3) is 4.13. The molecule has 3 N–H and O–H groups in total. The third-order valence-corrected chi connectivity index (χ3v) is 3.82. The lowest BCUT2D eigenvalue weighted by Gasteiger charge is -2.16. The van der Waals surface area contributed by atoms with E-state index in [9.17, 15) is 4.79 Å². The summed E-state index contributed by atoms with van der Waals surface area (Å²) in [6.07, 6.45) is 4.10. The van der Waals surface area contributed by atoms with Crippen LogP contribution in [0.1, 0.15) is 48.3 Å². The first-order valence-corrected chi connectivity index (χ1v) is 7.18. The van der Waals surface area contributed by atoms with Crippen molar-refractivity contribution in [2.24, 2.45) is 5.73 Å². The van der Waals surface area contributed by atoms with Crippen LogP contribution in [0, 0.1) is 0 Å². The molecule has 0 bridgehead atoms. The molecule has 1 unspecified atom stereocenters. The number of carbonyl (C=O) groups is 1. The number of amides is 1. The monoisotopic (exact) mass is 254 g/mol. The van der Waals surface area contributed by atoms with E-state index < -0.39 is 0 Å². The number of aryl methyl sites for hydroxylation is 1. The summed E-state index contributed by atoms with van der Waals surface area (Å²) in [4.78, 5) is 12.9. The number of thiophene rings is 1. The molecule has 17 heavy (non-hydrogen) atoms. The zero-order chi connectivity index (χ0) is 12.7. The lowest BCUT2D eigenvalue weighted by Crippen LogP contribution is -2.40. The van der Waals surface area contributed by atoms with Crippen LogP contribution in [0.25, 0.3) is 0 Å². The molecule has 1 aromatic rings. The van der Waals surface area contributed by atoms with Crippen LogP contribution in [-0.4, -0.2) is 18.5 Å². The standard InChI is InChI=1S/C13H22N2OS/c1-3-5-6-11(9-14)15-13(16)12-10(4-2)7-8-17-12/h7-8,11H,3-6,9,14H2,1-2H3,(H,15,16). The fourth-order valence-electron chi connectivity index (χ4n) is 1.76. The van der Waals surface area contributed by atoms with Crippen LogP contribution in [0.2, 0.25) is 0 Å². The van der Waals surface area contributed by atoms with E-state index in [0.29, 0.717) is 6.54 Å². The van der Waals surface area contributed by atoms with E-state index in [2.05, 4.69) is 19.2 Å². The SMILES string of the molecule is CCCCC(CN)NC(=O)c1sccc1CC. The van der Waals surface area contributed by atoms with Gasteiger partial charge in [-0.3, -0.25) is 4.79 Å². The maximum absolute atomic E-state index is 12.1. The van der Waals surface area contributed by atoms with Gasteiger partial charge >= 0.3 is 0 Å². The van der Waals surface area contributed by atoms with Gasteiger partial charge in [0.05, 0.1) is 4.88 Å². The molecule has 96 valence electrons. The fraction of sp³-hybridized carbons (Fsp3) is 0.615. The van der Waals surface area contributed by atoms with E-state index in [4.69, 9.17) is 5.73 Å². The van der Waals surface area contributed by atoms with E-state index in [1.807, 2.05) is 11.4 Å². The summed E-state index contributed by atoms with van der Waals surface area (Å²) in [5.74, 6) is 0.0309. The number of nitrogens with one attached hydrogen (secondary N) is 1. The quantitative estimate of drug-likeness (QED) is 0.785. The Kier molecular flexibility index (Phi) is 6.22. The molecule has 3 nitrogen and oxygen atoms in total. The Morgan fingerprint density at radius 3 is 2.88 bits per heavy atom. The number of nitrogens with two attached hydrogens (primary N) is 1. The topological polar surface area (TPSA) is 55.1 Å². The van der Waals surface area contributed by atoms with E-state index in [0.717, 1.165) is 36.1 Å². The molecule has 1 atom stereocenters. The molecule has 0 spiro atoms. The Balaban J connectivity index is 2.58. The van der Waals surface area contributed by atoms with Gasteiger partial charge in [0.15, 0.2) is 0 Å². The van der Waals surface area contributed by atoms with Gasteiger partial charge in [-0.15, -0.1) is 11.3 Å². The predicted octanol–water partition coefficient (Wildman–Crippen LogP) is 2.56. The van der Waals surface area contributed by atoms with Crippen LogP contribution in [0.5, 0.6) is 0 Å². The van der Waals surface area contributed by atoms with Gasteiger partial charge in [-0.05, 0) is 29.9 Å². The van der Waals surface area contributed by atoms with Crippen molar-refractivity contribution in [3.05, 3.63) is 21.9 Å². The number of rotatable bonds is 7. The van der Waals surface area contributed by atoms with Crippen LogP contribution < -0.4 is 11.1 Å². The molecule has 0 fully saturated rings.